The van der Waals surface area contributed by atoms with E-state index in [0.29, 0.717) is 6.42 Å². The van der Waals surface area contributed by atoms with Crippen LogP contribution in [0.5, 0.6) is 11.5 Å². The van der Waals surface area contributed by atoms with Crippen LogP contribution in [0.1, 0.15) is 33.5 Å². The van der Waals surface area contributed by atoms with Gasteiger partial charge in [-0.1, -0.05) is 28.8 Å². The molecule has 0 radical (unpaired) electrons. The van der Waals surface area contributed by atoms with Crippen LogP contribution in [0.25, 0.3) is 0 Å². The van der Waals surface area contributed by atoms with E-state index in [2.05, 4.69) is 9.59 Å². The average Bonchev–Trinajstić information content (AvgIpc) is 3.16. The van der Waals surface area contributed by atoms with E-state index in [0.717, 1.165) is 33.2 Å². The molecule has 0 bridgehead atoms. The second-order valence-corrected chi connectivity index (χ2v) is 7.01. The van der Waals surface area contributed by atoms with Crippen LogP contribution in [0, 0.1) is 0 Å². The summed E-state index contributed by atoms with van der Waals surface area (Å²) >= 11 is 1.31. The molecule has 2 atom stereocenters. The Bertz CT molecular complexity index is 919. The number of aromatic nitrogens is 2. The standard InChI is InChI=1S/C20H18N2O3S/c1-24-14-7-3-12(4-8-14)16-11-17-20(26-22-21-17)18(19(16)23)13-5-9-15(25-2)10-6-13/h3-10,16,18H,11H2,1-2H3. The van der Waals surface area contributed by atoms with Crippen LogP contribution in [0.4, 0.5) is 0 Å². The number of nitrogens with zero attached hydrogens (tertiary/aromatic N) is 2. The van der Waals surface area contributed by atoms with Crippen molar-refractivity contribution >= 4 is 17.3 Å². The molecule has 0 aliphatic heterocycles. The lowest BCUT2D eigenvalue weighted by molar-refractivity contribution is -0.121. The van der Waals surface area contributed by atoms with Crippen molar-refractivity contribution in [3.8, 4) is 11.5 Å². The van der Waals surface area contributed by atoms with Crippen LogP contribution in [-0.4, -0.2) is 29.6 Å². The summed E-state index contributed by atoms with van der Waals surface area (Å²) in [5, 5.41) is 4.28. The van der Waals surface area contributed by atoms with Gasteiger partial charge in [-0.15, -0.1) is 5.10 Å². The lowest BCUT2D eigenvalue weighted by atomic mass is 9.75. The van der Waals surface area contributed by atoms with Crippen LogP contribution in [0.15, 0.2) is 48.5 Å². The van der Waals surface area contributed by atoms with E-state index < -0.39 is 0 Å². The van der Waals surface area contributed by atoms with Crippen molar-refractivity contribution in [2.24, 2.45) is 0 Å². The molecule has 2 unspecified atom stereocenters. The fraction of sp³-hybridized carbons (Fsp3) is 0.250. The zero-order chi connectivity index (χ0) is 18.1. The Labute approximate surface area is 155 Å². The van der Waals surface area contributed by atoms with Gasteiger partial charge in [0.2, 0.25) is 0 Å². The van der Waals surface area contributed by atoms with Crippen molar-refractivity contribution in [1.82, 2.24) is 9.59 Å². The Morgan fingerprint density at radius 1 is 0.923 bits per heavy atom. The molecule has 3 aromatic rings. The average molecular weight is 366 g/mol. The quantitative estimate of drug-likeness (QED) is 0.706. The van der Waals surface area contributed by atoms with Crippen LogP contribution >= 0.6 is 11.5 Å². The number of hydrogen-bond acceptors (Lipinski definition) is 6. The van der Waals surface area contributed by atoms with Crippen molar-refractivity contribution in [2.45, 2.75) is 18.3 Å². The molecular formula is C20H18N2O3S. The summed E-state index contributed by atoms with van der Waals surface area (Å²) in [4.78, 5) is 14.3. The van der Waals surface area contributed by atoms with Gasteiger partial charge in [0.15, 0.2) is 5.78 Å². The zero-order valence-electron chi connectivity index (χ0n) is 14.5. The summed E-state index contributed by atoms with van der Waals surface area (Å²) < 4.78 is 14.6. The SMILES string of the molecule is COc1ccc(C2Cc3nnsc3C(c3ccc(OC)cc3)C2=O)cc1. The summed E-state index contributed by atoms with van der Waals surface area (Å²) in [6, 6.07) is 15.3. The summed E-state index contributed by atoms with van der Waals surface area (Å²) in [6.45, 7) is 0. The van der Waals surface area contributed by atoms with E-state index in [1.807, 2.05) is 48.5 Å². The summed E-state index contributed by atoms with van der Waals surface area (Å²) in [6.07, 6.45) is 0.587. The van der Waals surface area contributed by atoms with E-state index in [4.69, 9.17) is 9.47 Å². The Kier molecular flexibility index (Phi) is 4.42. The number of methoxy groups -OCH3 is 2. The highest BCUT2D eigenvalue weighted by molar-refractivity contribution is 7.06. The first-order chi connectivity index (χ1) is 12.7. The molecular weight excluding hydrogens is 348 g/mol. The van der Waals surface area contributed by atoms with Gasteiger partial charge in [-0.05, 0) is 46.9 Å². The van der Waals surface area contributed by atoms with E-state index in [9.17, 15) is 4.79 Å². The van der Waals surface area contributed by atoms with E-state index in [1.54, 1.807) is 14.2 Å². The molecule has 1 aliphatic carbocycles. The Morgan fingerprint density at radius 3 is 2.08 bits per heavy atom. The fourth-order valence-corrected chi connectivity index (χ4v) is 4.25. The molecule has 2 aromatic carbocycles. The highest BCUT2D eigenvalue weighted by Crippen LogP contribution is 2.42. The second kappa shape index (κ2) is 6.88. The van der Waals surface area contributed by atoms with Gasteiger partial charge in [-0.3, -0.25) is 4.79 Å². The number of carbonyl (C=O) groups excluding carboxylic acids is 1. The third kappa shape index (κ3) is 2.86. The lowest BCUT2D eigenvalue weighted by Crippen LogP contribution is -2.28. The van der Waals surface area contributed by atoms with Crippen LogP contribution in [0.3, 0.4) is 0 Å². The van der Waals surface area contributed by atoms with Gasteiger partial charge in [-0.2, -0.15) is 0 Å². The molecule has 1 aromatic heterocycles. The van der Waals surface area contributed by atoms with Gasteiger partial charge in [0.05, 0.1) is 30.7 Å². The fourth-order valence-electron chi connectivity index (χ4n) is 3.43. The number of Topliss-reactive ketones (excluding diaryl/α,β-unsaturated/α-hetero) is 1. The van der Waals surface area contributed by atoms with Crippen LogP contribution in [0.2, 0.25) is 0 Å². The lowest BCUT2D eigenvalue weighted by Gasteiger charge is -2.27. The number of fused-ring (bicyclic) bond motifs is 1. The van der Waals surface area contributed by atoms with Crippen LogP contribution in [-0.2, 0) is 11.2 Å². The van der Waals surface area contributed by atoms with Crippen molar-refractivity contribution in [3.63, 3.8) is 0 Å². The maximum atomic E-state index is 13.4. The molecule has 0 spiro atoms. The predicted octanol–water partition coefficient (Wildman–Crippen LogP) is 3.60. The molecule has 1 heterocycles. The Hall–Kier alpha value is -2.73. The van der Waals surface area contributed by atoms with Crippen molar-refractivity contribution in [2.75, 3.05) is 14.2 Å². The molecule has 4 rings (SSSR count). The maximum Gasteiger partial charge on any atom is 0.153 e. The van der Waals surface area contributed by atoms with E-state index >= 15 is 0 Å². The molecule has 132 valence electrons. The minimum absolute atomic E-state index is 0.180. The van der Waals surface area contributed by atoms with E-state index in [1.165, 1.54) is 11.5 Å². The predicted molar refractivity (Wildman–Crippen MR) is 99.2 cm³/mol. The van der Waals surface area contributed by atoms with Gasteiger partial charge >= 0.3 is 0 Å². The largest absolute Gasteiger partial charge is 0.497 e. The molecule has 5 nitrogen and oxygen atoms in total. The number of rotatable bonds is 4. The number of hydrogen-bond donors (Lipinski definition) is 0. The van der Waals surface area contributed by atoms with Crippen molar-refractivity contribution in [1.29, 1.82) is 0 Å². The maximum absolute atomic E-state index is 13.4. The number of ketones is 1. The first-order valence-electron chi connectivity index (χ1n) is 8.34. The Morgan fingerprint density at radius 2 is 1.50 bits per heavy atom. The van der Waals surface area contributed by atoms with Crippen molar-refractivity contribution < 1.29 is 14.3 Å². The van der Waals surface area contributed by atoms with Crippen LogP contribution < -0.4 is 9.47 Å². The summed E-state index contributed by atoms with van der Waals surface area (Å²) in [5.74, 6) is 1.16. The molecule has 0 saturated heterocycles. The second-order valence-electron chi connectivity index (χ2n) is 6.22. The summed E-state index contributed by atoms with van der Waals surface area (Å²) in [7, 11) is 3.26. The summed E-state index contributed by atoms with van der Waals surface area (Å²) in [5.41, 5.74) is 2.84. The first kappa shape index (κ1) is 16.7. The van der Waals surface area contributed by atoms with Crippen molar-refractivity contribution in [3.05, 3.63) is 70.2 Å². The highest BCUT2D eigenvalue weighted by atomic mass is 32.1. The monoisotopic (exact) mass is 366 g/mol. The number of carbonyl (C=O) groups is 1. The minimum Gasteiger partial charge on any atom is -0.497 e. The van der Waals surface area contributed by atoms with Gasteiger partial charge in [0, 0.05) is 12.3 Å². The zero-order valence-corrected chi connectivity index (χ0v) is 15.3. The highest BCUT2D eigenvalue weighted by Gasteiger charge is 2.39. The first-order valence-corrected chi connectivity index (χ1v) is 9.11. The molecule has 1 aliphatic rings. The van der Waals surface area contributed by atoms with Gasteiger partial charge in [-0.25, -0.2) is 0 Å². The molecule has 6 heteroatoms. The number of ether oxygens (including phenoxy) is 2. The Balaban J connectivity index is 1.74. The minimum atomic E-state index is -0.336. The molecule has 0 fully saturated rings. The normalized spacial score (nSPS) is 19.1. The topological polar surface area (TPSA) is 61.3 Å². The molecule has 0 N–H and O–H groups in total. The smallest absolute Gasteiger partial charge is 0.153 e. The molecule has 0 saturated carbocycles. The third-order valence-electron chi connectivity index (χ3n) is 4.84. The molecule has 0 amide bonds. The number of benzene rings is 2. The van der Waals surface area contributed by atoms with Gasteiger partial charge < -0.3 is 9.47 Å². The van der Waals surface area contributed by atoms with E-state index in [-0.39, 0.29) is 17.6 Å². The molecule has 26 heavy (non-hydrogen) atoms. The third-order valence-corrected chi connectivity index (χ3v) is 5.67. The van der Waals surface area contributed by atoms with Gasteiger partial charge in [0.1, 0.15) is 11.5 Å². The van der Waals surface area contributed by atoms with Gasteiger partial charge in [0.25, 0.3) is 0 Å².